The number of hydrogen-bond donors (Lipinski definition) is 2. The molecule has 0 radical (unpaired) electrons. The van der Waals surface area contributed by atoms with E-state index in [9.17, 15) is 0 Å². The second-order valence-electron chi connectivity index (χ2n) is 5.54. The number of ether oxygens (including phenoxy) is 2. The number of hydrogen-bond acceptors (Lipinski definition) is 7. The molecule has 0 bridgehead atoms. The lowest BCUT2D eigenvalue weighted by molar-refractivity contribution is 0.354. The average molecular weight is 331 g/mol. The predicted molar refractivity (Wildman–Crippen MR) is 95.9 cm³/mol. The summed E-state index contributed by atoms with van der Waals surface area (Å²) in [7, 11) is 7.33. The fourth-order valence-electron chi connectivity index (χ4n) is 2.12. The second-order valence-corrected chi connectivity index (χ2v) is 5.54. The Kier molecular flexibility index (Phi) is 6.62. The van der Waals surface area contributed by atoms with Gasteiger partial charge in [-0.3, -0.25) is 0 Å². The van der Waals surface area contributed by atoms with Crippen LogP contribution in [0.2, 0.25) is 0 Å². The van der Waals surface area contributed by atoms with Crippen LogP contribution in [0.15, 0.2) is 30.5 Å². The van der Waals surface area contributed by atoms with E-state index in [0.29, 0.717) is 24.0 Å². The molecule has 2 rings (SSSR count). The summed E-state index contributed by atoms with van der Waals surface area (Å²) in [6.07, 6.45) is 1.74. The number of benzene rings is 1. The molecule has 7 nitrogen and oxygen atoms in total. The standard InChI is InChI=1S/C17H25N5O2/c1-22(2)10-9-18-16-7-8-19-17(21-16)20-12-13-5-6-14(23-3)15(11-13)24-4/h5-8,11H,9-10,12H2,1-4H3,(H2,18,19,20,21). The molecule has 0 fully saturated rings. The first-order valence-electron chi connectivity index (χ1n) is 7.79. The van der Waals surface area contributed by atoms with Gasteiger partial charge < -0.3 is 25.0 Å². The molecule has 7 heteroatoms. The van der Waals surface area contributed by atoms with E-state index < -0.39 is 0 Å². The van der Waals surface area contributed by atoms with E-state index in [-0.39, 0.29) is 0 Å². The van der Waals surface area contributed by atoms with E-state index in [2.05, 4.69) is 25.5 Å². The van der Waals surface area contributed by atoms with Gasteiger partial charge in [0, 0.05) is 25.8 Å². The lowest BCUT2D eigenvalue weighted by Gasteiger charge is -2.12. The average Bonchev–Trinajstić information content (AvgIpc) is 2.59. The van der Waals surface area contributed by atoms with Crippen molar-refractivity contribution in [1.29, 1.82) is 0 Å². The van der Waals surface area contributed by atoms with Crippen LogP contribution in [0.3, 0.4) is 0 Å². The van der Waals surface area contributed by atoms with Crippen LogP contribution in [-0.4, -0.2) is 56.3 Å². The molecule has 0 unspecified atom stereocenters. The van der Waals surface area contributed by atoms with Crippen LogP contribution >= 0.6 is 0 Å². The first-order valence-corrected chi connectivity index (χ1v) is 7.79. The second kappa shape index (κ2) is 8.93. The number of aromatic nitrogens is 2. The Hall–Kier alpha value is -2.54. The van der Waals surface area contributed by atoms with Crippen LogP contribution < -0.4 is 20.1 Å². The van der Waals surface area contributed by atoms with Crippen molar-refractivity contribution >= 4 is 11.8 Å². The van der Waals surface area contributed by atoms with Crippen molar-refractivity contribution in [1.82, 2.24) is 14.9 Å². The maximum absolute atomic E-state index is 5.31. The van der Waals surface area contributed by atoms with Crippen LogP contribution in [0.5, 0.6) is 11.5 Å². The minimum atomic E-state index is 0.583. The van der Waals surface area contributed by atoms with Gasteiger partial charge in [0.25, 0.3) is 0 Å². The van der Waals surface area contributed by atoms with E-state index in [1.54, 1.807) is 20.4 Å². The minimum absolute atomic E-state index is 0.583. The normalized spacial score (nSPS) is 10.5. The van der Waals surface area contributed by atoms with Crippen molar-refractivity contribution in [2.24, 2.45) is 0 Å². The Morgan fingerprint density at radius 2 is 1.83 bits per heavy atom. The lowest BCUT2D eigenvalue weighted by Crippen LogP contribution is -2.21. The van der Waals surface area contributed by atoms with E-state index in [4.69, 9.17) is 9.47 Å². The Balaban J connectivity index is 1.94. The van der Waals surface area contributed by atoms with Gasteiger partial charge >= 0.3 is 0 Å². The maximum atomic E-state index is 5.31. The minimum Gasteiger partial charge on any atom is -0.493 e. The first-order chi connectivity index (χ1) is 11.6. The summed E-state index contributed by atoms with van der Waals surface area (Å²) in [4.78, 5) is 10.8. The molecule has 1 aromatic heterocycles. The summed E-state index contributed by atoms with van der Waals surface area (Å²) < 4.78 is 10.6. The van der Waals surface area contributed by atoms with Crippen LogP contribution in [-0.2, 0) is 6.54 Å². The van der Waals surface area contributed by atoms with Crippen molar-refractivity contribution < 1.29 is 9.47 Å². The van der Waals surface area contributed by atoms with Crippen LogP contribution in [0.1, 0.15) is 5.56 Å². The molecule has 0 saturated carbocycles. The zero-order chi connectivity index (χ0) is 17.4. The monoisotopic (exact) mass is 331 g/mol. The highest BCUT2D eigenvalue weighted by Crippen LogP contribution is 2.27. The van der Waals surface area contributed by atoms with E-state index >= 15 is 0 Å². The van der Waals surface area contributed by atoms with Crippen molar-refractivity contribution in [3.05, 3.63) is 36.0 Å². The molecule has 2 aromatic rings. The zero-order valence-electron chi connectivity index (χ0n) is 14.7. The number of anilines is 2. The third-order valence-electron chi connectivity index (χ3n) is 3.42. The topological polar surface area (TPSA) is 71.5 Å². The van der Waals surface area contributed by atoms with Crippen molar-refractivity contribution in [3.63, 3.8) is 0 Å². The van der Waals surface area contributed by atoms with Crippen molar-refractivity contribution in [3.8, 4) is 11.5 Å². The van der Waals surface area contributed by atoms with Gasteiger partial charge in [0.05, 0.1) is 14.2 Å². The third kappa shape index (κ3) is 5.27. The number of rotatable bonds is 9. The Labute approximate surface area is 143 Å². The van der Waals surface area contributed by atoms with E-state index in [1.165, 1.54) is 0 Å². The molecule has 1 aromatic carbocycles. The molecule has 24 heavy (non-hydrogen) atoms. The molecule has 0 atom stereocenters. The Morgan fingerprint density at radius 1 is 1.04 bits per heavy atom. The third-order valence-corrected chi connectivity index (χ3v) is 3.42. The molecular weight excluding hydrogens is 306 g/mol. The summed E-state index contributed by atoms with van der Waals surface area (Å²) in [5, 5.41) is 6.50. The van der Waals surface area contributed by atoms with Crippen molar-refractivity contribution in [2.45, 2.75) is 6.54 Å². The fourth-order valence-corrected chi connectivity index (χ4v) is 2.12. The first kappa shape index (κ1) is 17.8. The van der Waals surface area contributed by atoms with Crippen LogP contribution in [0.25, 0.3) is 0 Å². The van der Waals surface area contributed by atoms with Gasteiger partial charge in [-0.05, 0) is 37.9 Å². The smallest absolute Gasteiger partial charge is 0.224 e. The van der Waals surface area contributed by atoms with E-state index in [0.717, 1.165) is 24.5 Å². The summed E-state index contributed by atoms with van der Waals surface area (Å²) in [6.45, 7) is 2.37. The highest BCUT2D eigenvalue weighted by atomic mass is 16.5. The van der Waals surface area contributed by atoms with Crippen molar-refractivity contribution in [2.75, 3.05) is 52.0 Å². The van der Waals surface area contributed by atoms with Gasteiger partial charge in [-0.15, -0.1) is 0 Å². The molecule has 0 amide bonds. The molecular formula is C17H25N5O2. The van der Waals surface area contributed by atoms with Crippen LogP contribution in [0, 0.1) is 0 Å². The zero-order valence-corrected chi connectivity index (χ0v) is 14.7. The van der Waals surface area contributed by atoms with Gasteiger partial charge in [-0.25, -0.2) is 4.98 Å². The molecule has 1 heterocycles. The van der Waals surface area contributed by atoms with Gasteiger partial charge in [0.15, 0.2) is 11.5 Å². The van der Waals surface area contributed by atoms with Crippen LogP contribution in [0.4, 0.5) is 11.8 Å². The quantitative estimate of drug-likeness (QED) is 0.729. The lowest BCUT2D eigenvalue weighted by atomic mass is 10.2. The summed E-state index contributed by atoms with van der Waals surface area (Å²) >= 11 is 0. The molecule has 2 N–H and O–H groups in total. The summed E-state index contributed by atoms with van der Waals surface area (Å²) in [5.41, 5.74) is 1.06. The number of nitrogens with one attached hydrogen (secondary N) is 2. The maximum Gasteiger partial charge on any atom is 0.224 e. The Morgan fingerprint density at radius 3 is 2.54 bits per heavy atom. The largest absolute Gasteiger partial charge is 0.493 e. The molecule has 0 aliphatic rings. The Bertz CT molecular complexity index is 649. The van der Waals surface area contributed by atoms with Gasteiger partial charge in [0.2, 0.25) is 5.95 Å². The van der Waals surface area contributed by atoms with Gasteiger partial charge in [0.1, 0.15) is 5.82 Å². The predicted octanol–water partition coefficient (Wildman–Crippen LogP) is 2.08. The number of methoxy groups -OCH3 is 2. The highest BCUT2D eigenvalue weighted by molar-refractivity contribution is 5.44. The number of nitrogens with zero attached hydrogens (tertiary/aromatic N) is 3. The van der Waals surface area contributed by atoms with Gasteiger partial charge in [-0.1, -0.05) is 6.07 Å². The summed E-state index contributed by atoms with van der Waals surface area (Å²) in [5.74, 6) is 2.81. The number of likely N-dealkylation sites (N-methyl/N-ethyl adjacent to an activating group) is 1. The molecule has 0 aliphatic heterocycles. The fraction of sp³-hybridized carbons (Fsp3) is 0.412. The molecule has 0 aliphatic carbocycles. The highest BCUT2D eigenvalue weighted by Gasteiger charge is 2.05. The molecule has 0 saturated heterocycles. The van der Waals surface area contributed by atoms with Gasteiger partial charge in [-0.2, -0.15) is 4.98 Å². The molecule has 130 valence electrons. The molecule has 0 spiro atoms. The van der Waals surface area contributed by atoms with E-state index in [1.807, 2.05) is 38.4 Å². The SMILES string of the molecule is COc1ccc(CNc2nccc(NCCN(C)C)n2)cc1OC. The summed E-state index contributed by atoms with van der Waals surface area (Å²) in [6, 6.07) is 7.66.